The molecule has 2 amide bonds. The van der Waals surface area contributed by atoms with Crippen molar-refractivity contribution >= 4 is 11.8 Å². The Bertz CT molecular complexity index is 680. The van der Waals surface area contributed by atoms with Gasteiger partial charge in [0, 0.05) is 24.9 Å². The first-order chi connectivity index (χ1) is 13.7. The van der Waals surface area contributed by atoms with Crippen LogP contribution in [0.4, 0.5) is 0 Å². The predicted octanol–water partition coefficient (Wildman–Crippen LogP) is 3.80. The van der Waals surface area contributed by atoms with Crippen molar-refractivity contribution in [2.75, 3.05) is 0 Å². The number of aryl methyl sites for hydroxylation is 2. The highest BCUT2D eigenvalue weighted by molar-refractivity contribution is 5.78. The van der Waals surface area contributed by atoms with Crippen molar-refractivity contribution in [3.63, 3.8) is 0 Å². The molecule has 0 aromatic heterocycles. The summed E-state index contributed by atoms with van der Waals surface area (Å²) in [7, 11) is 0. The summed E-state index contributed by atoms with van der Waals surface area (Å²) in [5, 5.41) is 6.33. The van der Waals surface area contributed by atoms with E-state index in [2.05, 4.69) is 10.6 Å². The average molecular weight is 379 g/mol. The van der Waals surface area contributed by atoms with E-state index < -0.39 is 0 Å². The minimum Gasteiger partial charge on any atom is -0.351 e. The lowest BCUT2D eigenvalue weighted by Gasteiger charge is -2.33. The van der Waals surface area contributed by atoms with E-state index in [0.29, 0.717) is 12.8 Å². The molecule has 0 aliphatic heterocycles. The number of hydrogen-bond acceptors (Lipinski definition) is 2. The highest BCUT2D eigenvalue weighted by atomic mass is 16.2. The van der Waals surface area contributed by atoms with Gasteiger partial charge >= 0.3 is 0 Å². The molecular weight excluding hydrogens is 348 g/mol. The van der Waals surface area contributed by atoms with E-state index in [1.807, 2.05) is 60.7 Å². The maximum atomic E-state index is 12.4. The summed E-state index contributed by atoms with van der Waals surface area (Å²) in [4.78, 5) is 24.8. The number of rotatable bonds is 8. The fourth-order valence-electron chi connectivity index (χ4n) is 3.84. The van der Waals surface area contributed by atoms with Gasteiger partial charge in [0.05, 0.1) is 0 Å². The minimum absolute atomic E-state index is 0.0395. The molecule has 2 atom stereocenters. The summed E-state index contributed by atoms with van der Waals surface area (Å²) in [6.45, 7) is 0. The van der Waals surface area contributed by atoms with Crippen molar-refractivity contribution in [1.29, 1.82) is 0 Å². The minimum atomic E-state index is 0.0395. The van der Waals surface area contributed by atoms with Crippen molar-refractivity contribution in [1.82, 2.24) is 10.6 Å². The van der Waals surface area contributed by atoms with Crippen molar-refractivity contribution in [2.45, 2.75) is 63.5 Å². The van der Waals surface area contributed by atoms with E-state index >= 15 is 0 Å². The summed E-state index contributed by atoms with van der Waals surface area (Å²) < 4.78 is 0. The number of nitrogens with one attached hydrogen (secondary N) is 2. The van der Waals surface area contributed by atoms with Crippen LogP contribution >= 0.6 is 0 Å². The predicted molar refractivity (Wildman–Crippen MR) is 112 cm³/mol. The first kappa shape index (κ1) is 20.1. The first-order valence-electron chi connectivity index (χ1n) is 10.4. The third kappa shape index (κ3) is 6.52. The molecule has 4 heteroatoms. The number of amides is 2. The molecule has 0 unspecified atom stereocenters. The number of hydrogen-bond donors (Lipinski definition) is 2. The molecule has 1 aliphatic carbocycles. The second-order valence-electron chi connectivity index (χ2n) is 7.60. The maximum Gasteiger partial charge on any atom is 0.220 e. The van der Waals surface area contributed by atoms with Crippen LogP contribution < -0.4 is 10.6 Å². The molecule has 2 N–H and O–H groups in total. The monoisotopic (exact) mass is 378 g/mol. The van der Waals surface area contributed by atoms with Crippen LogP contribution in [-0.2, 0) is 22.4 Å². The van der Waals surface area contributed by atoms with Crippen LogP contribution in [0.3, 0.4) is 0 Å². The van der Waals surface area contributed by atoms with E-state index in [4.69, 9.17) is 0 Å². The molecule has 0 spiro atoms. The second-order valence-corrected chi connectivity index (χ2v) is 7.60. The Morgan fingerprint density at radius 1 is 0.679 bits per heavy atom. The van der Waals surface area contributed by atoms with Crippen molar-refractivity contribution < 1.29 is 9.59 Å². The van der Waals surface area contributed by atoms with Crippen LogP contribution in [0, 0.1) is 0 Å². The van der Waals surface area contributed by atoms with Crippen LogP contribution in [0.5, 0.6) is 0 Å². The lowest BCUT2D eigenvalue weighted by atomic mass is 9.90. The van der Waals surface area contributed by atoms with Gasteiger partial charge in [-0.15, -0.1) is 0 Å². The van der Waals surface area contributed by atoms with Gasteiger partial charge in [0.25, 0.3) is 0 Å². The highest BCUT2D eigenvalue weighted by Gasteiger charge is 2.27. The van der Waals surface area contributed by atoms with Gasteiger partial charge in [-0.1, -0.05) is 73.5 Å². The lowest BCUT2D eigenvalue weighted by Crippen LogP contribution is -2.53. The quantitative estimate of drug-likeness (QED) is 0.734. The Hall–Kier alpha value is -2.62. The zero-order valence-electron chi connectivity index (χ0n) is 16.4. The normalized spacial score (nSPS) is 19.0. The van der Waals surface area contributed by atoms with Gasteiger partial charge < -0.3 is 10.6 Å². The molecule has 2 aromatic carbocycles. The molecule has 0 radical (unpaired) electrons. The van der Waals surface area contributed by atoms with Gasteiger partial charge in [0.15, 0.2) is 0 Å². The van der Waals surface area contributed by atoms with Gasteiger partial charge in [-0.2, -0.15) is 0 Å². The topological polar surface area (TPSA) is 58.2 Å². The van der Waals surface area contributed by atoms with Gasteiger partial charge in [0.2, 0.25) is 11.8 Å². The lowest BCUT2D eigenvalue weighted by molar-refractivity contribution is -0.125. The molecule has 4 nitrogen and oxygen atoms in total. The Kier molecular flexibility index (Phi) is 7.65. The smallest absolute Gasteiger partial charge is 0.220 e. The van der Waals surface area contributed by atoms with Gasteiger partial charge in [-0.3, -0.25) is 9.59 Å². The van der Waals surface area contributed by atoms with Crippen molar-refractivity contribution in [3.8, 4) is 0 Å². The maximum absolute atomic E-state index is 12.4. The molecular formula is C24H30N2O2. The first-order valence-corrected chi connectivity index (χ1v) is 10.4. The Balaban J connectivity index is 1.45. The fourth-order valence-corrected chi connectivity index (χ4v) is 3.84. The van der Waals surface area contributed by atoms with Crippen LogP contribution in [0.25, 0.3) is 0 Å². The van der Waals surface area contributed by atoms with Gasteiger partial charge in [-0.05, 0) is 36.8 Å². The molecule has 1 aliphatic rings. The molecule has 0 saturated heterocycles. The molecule has 1 saturated carbocycles. The standard InChI is InChI=1S/C24H30N2O2/c27-23(17-15-19-9-3-1-4-10-19)25-21-13-7-8-14-22(21)26-24(28)18-16-20-11-5-2-6-12-20/h1-6,9-12,21-22H,7-8,13-18H2,(H,25,27)(H,26,28)/t21-,22-/m0/s1. The van der Waals surface area contributed by atoms with Crippen LogP contribution in [0.15, 0.2) is 60.7 Å². The van der Waals surface area contributed by atoms with Gasteiger partial charge in [0.1, 0.15) is 0 Å². The second kappa shape index (κ2) is 10.6. The zero-order chi connectivity index (χ0) is 19.6. The third-order valence-corrected chi connectivity index (χ3v) is 5.43. The number of benzene rings is 2. The molecule has 0 heterocycles. The zero-order valence-corrected chi connectivity index (χ0v) is 16.4. The summed E-state index contributed by atoms with van der Waals surface area (Å²) in [5.74, 6) is 0.138. The van der Waals surface area contributed by atoms with E-state index in [1.54, 1.807) is 0 Å². The molecule has 3 rings (SSSR count). The summed E-state index contributed by atoms with van der Waals surface area (Å²) in [5.41, 5.74) is 2.35. The Labute approximate surface area is 167 Å². The summed E-state index contributed by atoms with van der Waals surface area (Å²) >= 11 is 0. The third-order valence-electron chi connectivity index (χ3n) is 5.43. The van der Waals surface area contributed by atoms with Crippen molar-refractivity contribution in [2.24, 2.45) is 0 Å². The van der Waals surface area contributed by atoms with Crippen molar-refractivity contribution in [3.05, 3.63) is 71.8 Å². The molecule has 0 bridgehead atoms. The van der Waals surface area contributed by atoms with E-state index in [9.17, 15) is 9.59 Å². The van der Waals surface area contributed by atoms with E-state index in [-0.39, 0.29) is 23.9 Å². The highest BCUT2D eigenvalue weighted by Crippen LogP contribution is 2.19. The SMILES string of the molecule is O=C(CCc1ccccc1)N[C@H]1CCCC[C@@H]1NC(=O)CCc1ccccc1. The molecule has 1 fully saturated rings. The molecule has 148 valence electrons. The van der Waals surface area contributed by atoms with Crippen LogP contribution in [0.2, 0.25) is 0 Å². The van der Waals surface area contributed by atoms with Gasteiger partial charge in [-0.25, -0.2) is 0 Å². The molecule has 28 heavy (non-hydrogen) atoms. The summed E-state index contributed by atoms with van der Waals surface area (Å²) in [6, 6.07) is 20.2. The van der Waals surface area contributed by atoms with Crippen LogP contribution in [0.1, 0.15) is 49.7 Å². The van der Waals surface area contributed by atoms with E-state index in [1.165, 1.54) is 11.1 Å². The fraction of sp³-hybridized carbons (Fsp3) is 0.417. The summed E-state index contributed by atoms with van der Waals surface area (Å²) in [6.07, 6.45) is 6.51. The number of carbonyl (C=O) groups is 2. The number of carbonyl (C=O) groups excluding carboxylic acids is 2. The van der Waals surface area contributed by atoms with Crippen LogP contribution in [-0.4, -0.2) is 23.9 Å². The Morgan fingerprint density at radius 3 is 1.46 bits per heavy atom. The largest absolute Gasteiger partial charge is 0.351 e. The Morgan fingerprint density at radius 2 is 1.07 bits per heavy atom. The molecule has 2 aromatic rings. The van der Waals surface area contributed by atoms with E-state index in [0.717, 1.165) is 38.5 Å². The average Bonchev–Trinajstić information content (AvgIpc) is 2.74.